The third-order valence-corrected chi connectivity index (χ3v) is 3.39. The standard InChI is InChI=1S/C15H11BrO2/c1-10(11-3-2-4-13(16)7-11)12-5-6-14-15(8-12)18-9-17-14/h2-8H,1,9H2. The van der Waals surface area contributed by atoms with Gasteiger partial charge in [-0.05, 0) is 41.0 Å². The monoisotopic (exact) mass is 302 g/mol. The van der Waals surface area contributed by atoms with Gasteiger partial charge < -0.3 is 9.47 Å². The van der Waals surface area contributed by atoms with Gasteiger partial charge in [0.1, 0.15) is 0 Å². The number of hydrogen-bond acceptors (Lipinski definition) is 2. The van der Waals surface area contributed by atoms with E-state index in [0.29, 0.717) is 6.79 Å². The van der Waals surface area contributed by atoms with Gasteiger partial charge in [-0.3, -0.25) is 0 Å². The zero-order chi connectivity index (χ0) is 12.5. The number of rotatable bonds is 2. The molecular formula is C15H11BrO2. The molecule has 18 heavy (non-hydrogen) atoms. The van der Waals surface area contributed by atoms with Gasteiger partial charge >= 0.3 is 0 Å². The van der Waals surface area contributed by atoms with Crippen molar-refractivity contribution in [3.05, 3.63) is 64.6 Å². The van der Waals surface area contributed by atoms with Crippen LogP contribution in [0.1, 0.15) is 11.1 Å². The van der Waals surface area contributed by atoms with Crippen LogP contribution in [0.25, 0.3) is 5.57 Å². The number of ether oxygens (including phenoxy) is 2. The van der Waals surface area contributed by atoms with Crippen molar-refractivity contribution in [3.63, 3.8) is 0 Å². The summed E-state index contributed by atoms with van der Waals surface area (Å²) >= 11 is 3.47. The van der Waals surface area contributed by atoms with Crippen LogP contribution >= 0.6 is 15.9 Å². The van der Waals surface area contributed by atoms with Crippen LogP contribution in [0.3, 0.4) is 0 Å². The number of hydrogen-bond donors (Lipinski definition) is 0. The highest BCUT2D eigenvalue weighted by atomic mass is 79.9. The zero-order valence-corrected chi connectivity index (χ0v) is 11.2. The molecule has 90 valence electrons. The Morgan fingerprint density at radius 3 is 2.61 bits per heavy atom. The van der Waals surface area contributed by atoms with E-state index in [1.54, 1.807) is 0 Å². The van der Waals surface area contributed by atoms with E-state index in [4.69, 9.17) is 9.47 Å². The summed E-state index contributed by atoms with van der Waals surface area (Å²) in [5.74, 6) is 1.57. The fourth-order valence-electron chi connectivity index (χ4n) is 1.93. The Morgan fingerprint density at radius 1 is 1.00 bits per heavy atom. The van der Waals surface area contributed by atoms with E-state index in [2.05, 4.69) is 22.5 Å². The van der Waals surface area contributed by atoms with Crippen LogP contribution in [0, 0.1) is 0 Å². The van der Waals surface area contributed by atoms with Gasteiger partial charge in [0, 0.05) is 4.47 Å². The minimum absolute atomic E-state index is 0.294. The topological polar surface area (TPSA) is 18.5 Å². The maximum absolute atomic E-state index is 5.38. The molecule has 0 saturated carbocycles. The summed E-state index contributed by atoms with van der Waals surface area (Å²) in [5.41, 5.74) is 3.09. The Hall–Kier alpha value is -1.74. The quantitative estimate of drug-likeness (QED) is 0.826. The second kappa shape index (κ2) is 4.50. The average Bonchev–Trinajstić information content (AvgIpc) is 2.85. The molecule has 0 unspecified atom stereocenters. The maximum atomic E-state index is 5.38. The van der Waals surface area contributed by atoms with Gasteiger partial charge in [-0.2, -0.15) is 0 Å². The zero-order valence-electron chi connectivity index (χ0n) is 9.65. The Kier molecular flexibility index (Phi) is 2.84. The molecule has 0 bridgehead atoms. The lowest BCUT2D eigenvalue weighted by Crippen LogP contribution is -1.93. The second-order valence-electron chi connectivity index (χ2n) is 4.06. The lowest BCUT2D eigenvalue weighted by Gasteiger charge is -2.07. The van der Waals surface area contributed by atoms with Gasteiger partial charge in [0.2, 0.25) is 6.79 Å². The molecule has 0 saturated heterocycles. The molecule has 3 heteroatoms. The van der Waals surface area contributed by atoms with Crippen molar-refractivity contribution in [1.29, 1.82) is 0 Å². The Morgan fingerprint density at radius 2 is 1.78 bits per heavy atom. The fraction of sp³-hybridized carbons (Fsp3) is 0.0667. The summed E-state index contributed by atoms with van der Waals surface area (Å²) in [6.07, 6.45) is 0. The van der Waals surface area contributed by atoms with Crippen LogP contribution in [0.4, 0.5) is 0 Å². The number of benzene rings is 2. The van der Waals surface area contributed by atoms with Crippen molar-refractivity contribution >= 4 is 21.5 Å². The lowest BCUT2D eigenvalue weighted by molar-refractivity contribution is 0.174. The van der Waals surface area contributed by atoms with E-state index < -0.39 is 0 Å². The summed E-state index contributed by atoms with van der Waals surface area (Å²) in [5, 5.41) is 0. The Balaban J connectivity index is 1.98. The molecule has 0 fully saturated rings. The molecular weight excluding hydrogens is 292 g/mol. The third kappa shape index (κ3) is 2.02. The Labute approximate surface area is 114 Å². The van der Waals surface area contributed by atoms with E-state index >= 15 is 0 Å². The van der Waals surface area contributed by atoms with Gasteiger partial charge in [0.05, 0.1) is 0 Å². The van der Waals surface area contributed by atoms with Gasteiger partial charge in [-0.25, -0.2) is 0 Å². The summed E-state index contributed by atoms with van der Waals surface area (Å²) < 4.78 is 11.7. The summed E-state index contributed by atoms with van der Waals surface area (Å²) in [6.45, 7) is 4.44. The van der Waals surface area contributed by atoms with Crippen molar-refractivity contribution in [2.45, 2.75) is 0 Å². The highest BCUT2D eigenvalue weighted by Crippen LogP contribution is 2.35. The first-order chi connectivity index (χ1) is 8.74. The molecule has 2 aromatic rings. The molecule has 0 N–H and O–H groups in total. The predicted molar refractivity (Wildman–Crippen MR) is 74.8 cm³/mol. The minimum atomic E-state index is 0.294. The summed E-state index contributed by atoms with van der Waals surface area (Å²) in [7, 11) is 0. The molecule has 1 aliphatic rings. The molecule has 2 aromatic carbocycles. The van der Waals surface area contributed by atoms with E-state index in [9.17, 15) is 0 Å². The molecule has 0 aromatic heterocycles. The summed E-state index contributed by atoms with van der Waals surface area (Å²) in [6, 6.07) is 14.0. The normalized spacial score (nSPS) is 12.5. The molecule has 0 atom stereocenters. The van der Waals surface area contributed by atoms with Crippen LogP contribution in [-0.4, -0.2) is 6.79 Å². The van der Waals surface area contributed by atoms with Crippen molar-refractivity contribution in [2.24, 2.45) is 0 Å². The highest BCUT2D eigenvalue weighted by molar-refractivity contribution is 9.10. The van der Waals surface area contributed by atoms with Crippen LogP contribution in [0.5, 0.6) is 11.5 Å². The van der Waals surface area contributed by atoms with Gasteiger partial charge in [-0.15, -0.1) is 0 Å². The van der Waals surface area contributed by atoms with Crippen molar-refractivity contribution in [1.82, 2.24) is 0 Å². The van der Waals surface area contributed by atoms with Gasteiger partial charge in [0.25, 0.3) is 0 Å². The molecule has 0 aliphatic carbocycles. The average molecular weight is 303 g/mol. The van der Waals surface area contributed by atoms with Crippen LogP contribution < -0.4 is 9.47 Å². The molecule has 1 aliphatic heterocycles. The first-order valence-electron chi connectivity index (χ1n) is 5.59. The van der Waals surface area contributed by atoms with Gasteiger partial charge in [-0.1, -0.05) is 40.7 Å². The smallest absolute Gasteiger partial charge is 0.231 e. The van der Waals surface area contributed by atoms with Gasteiger partial charge in [0.15, 0.2) is 11.5 Å². The first-order valence-corrected chi connectivity index (χ1v) is 6.38. The molecule has 3 rings (SSSR count). The number of fused-ring (bicyclic) bond motifs is 1. The molecule has 0 amide bonds. The molecule has 1 heterocycles. The SMILES string of the molecule is C=C(c1cccc(Br)c1)c1ccc2c(c1)OCO2. The van der Waals surface area contributed by atoms with E-state index in [1.807, 2.05) is 42.5 Å². The van der Waals surface area contributed by atoms with Crippen molar-refractivity contribution < 1.29 is 9.47 Å². The largest absolute Gasteiger partial charge is 0.454 e. The minimum Gasteiger partial charge on any atom is -0.454 e. The third-order valence-electron chi connectivity index (χ3n) is 2.89. The van der Waals surface area contributed by atoms with E-state index in [-0.39, 0.29) is 0 Å². The highest BCUT2D eigenvalue weighted by Gasteiger charge is 2.14. The second-order valence-corrected chi connectivity index (χ2v) is 4.97. The number of halogens is 1. The first kappa shape index (κ1) is 11.4. The molecule has 0 spiro atoms. The van der Waals surface area contributed by atoms with Crippen molar-refractivity contribution in [3.8, 4) is 11.5 Å². The summed E-state index contributed by atoms with van der Waals surface area (Å²) in [4.78, 5) is 0. The predicted octanol–water partition coefficient (Wildman–Crippen LogP) is 4.24. The van der Waals surface area contributed by atoms with Crippen LogP contribution in [0.2, 0.25) is 0 Å². The van der Waals surface area contributed by atoms with Crippen molar-refractivity contribution in [2.75, 3.05) is 6.79 Å². The lowest BCUT2D eigenvalue weighted by atomic mass is 9.99. The fourth-order valence-corrected chi connectivity index (χ4v) is 2.33. The van der Waals surface area contributed by atoms with E-state index in [0.717, 1.165) is 32.7 Å². The van der Waals surface area contributed by atoms with Crippen LogP contribution in [-0.2, 0) is 0 Å². The Bertz CT molecular complexity index is 620. The maximum Gasteiger partial charge on any atom is 0.231 e. The van der Waals surface area contributed by atoms with E-state index in [1.165, 1.54) is 0 Å². The molecule has 0 radical (unpaired) electrons. The molecule has 2 nitrogen and oxygen atoms in total. The van der Waals surface area contributed by atoms with Crippen LogP contribution in [0.15, 0.2) is 53.5 Å².